The fraction of sp³-hybridized carbons (Fsp3) is 0.667. The van der Waals surface area contributed by atoms with Crippen LogP contribution in [-0.2, 0) is 9.53 Å². The standard InChI is InChI=1S/C9H17NO2/c1-4-6-10(7-5-2)9(11)8-12-3/h4H,1,5-8H2,2-3H3. The highest BCUT2D eigenvalue weighted by Crippen LogP contribution is 1.93. The van der Waals surface area contributed by atoms with Gasteiger partial charge in [-0.2, -0.15) is 0 Å². The third kappa shape index (κ3) is 4.13. The third-order valence-electron chi connectivity index (χ3n) is 1.46. The van der Waals surface area contributed by atoms with Crippen molar-refractivity contribution in [1.29, 1.82) is 0 Å². The summed E-state index contributed by atoms with van der Waals surface area (Å²) >= 11 is 0. The van der Waals surface area contributed by atoms with E-state index in [4.69, 9.17) is 4.74 Å². The minimum atomic E-state index is 0.0271. The van der Waals surface area contributed by atoms with Crippen molar-refractivity contribution in [1.82, 2.24) is 4.90 Å². The number of hydrogen-bond acceptors (Lipinski definition) is 2. The predicted octanol–water partition coefficient (Wildman–Crippen LogP) is 1.06. The summed E-state index contributed by atoms with van der Waals surface area (Å²) < 4.78 is 4.75. The number of amides is 1. The minimum absolute atomic E-state index is 0.0271. The Kier molecular flexibility index (Phi) is 6.38. The summed E-state index contributed by atoms with van der Waals surface area (Å²) in [6, 6.07) is 0. The van der Waals surface area contributed by atoms with E-state index in [1.54, 1.807) is 11.0 Å². The van der Waals surface area contributed by atoms with Crippen molar-refractivity contribution in [3.8, 4) is 0 Å². The summed E-state index contributed by atoms with van der Waals surface area (Å²) in [5.74, 6) is 0.0271. The van der Waals surface area contributed by atoms with Crippen LogP contribution >= 0.6 is 0 Å². The monoisotopic (exact) mass is 171 g/mol. The Balaban J connectivity index is 3.89. The number of carbonyl (C=O) groups is 1. The molecule has 12 heavy (non-hydrogen) atoms. The van der Waals surface area contributed by atoms with Gasteiger partial charge in [-0.15, -0.1) is 6.58 Å². The van der Waals surface area contributed by atoms with E-state index < -0.39 is 0 Å². The number of rotatable bonds is 6. The van der Waals surface area contributed by atoms with Gasteiger partial charge >= 0.3 is 0 Å². The molecule has 0 aromatic rings. The van der Waals surface area contributed by atoms with Gasteiger partial charge in [0.2, 0.25) is 5.91 Å². The number of ether oxygens (including phenoxy) is 1. The molecular weight excluding hydrogens is 154 g/mol. The van der Waals surface area contributed by atoms with Crippen molar-refractivity contribution >= 4 is 5.91 Å². The number of hydrogen-bond donors (Lipinski definition) is 0. The summed E-state index contributed by atoms with van der Waals surface area (Å²) in [4.78, 5) is 13.0. The molecule has 0 heterocycles. The molecule has 0 fully saturated rings. The van der Waals surface area contributed by atoms with E-state index in [2.05, 4.69) is 6.58 Å². The van der Waals surface area contributed by atoms with Gasteiger partial charge in [0.1, 0.15) is 6.61 Å². The van der Waals surface area contributed by atoms with Crippen molar-refractivity contribution in [3.05, 3.63) is 12.7 Å². The van der Waals surface area contributed by atoms with Crippen LogP contribution in [0.15, 0.2) is 12.7 Å². The normalized spacial score (nSPS) is 9.50. The molecule has 70 valence electrons. The van der Waals surface area contributed by atoms with Crippen LogP contribution in [-0.4, -0.2) is 37.6 Å². The molecule has 0 rings (SSSR count). The lowest BCUT2D eigenvalue weighted by Gasteiger charge is -2.19. The molecule has 3 heteroatoms. The van der Waals surface area contributed by atoms with Gasteiger partial charge < -0.3 is 9.64 Å². The second-order valence-corrected chi connectivity index (χ2v) is 2.56. The van der Waals surface area contributed by atoms with Crippen LogP contribution in [0, 0.1) is 0 Å². The number of nitrogens with zero attached hydrogens (tertiary/aromatic N) is 1. The largest absolute Gasteiger partial charge is 0.375 e. The minimum Gasteiger partial charge on any atom is -0.375 e. The predicted molar refractivity (Wildman–Crippen MR) is 48.9 cm³/mol. The topological polar surface area (TPSA) is 29.5 Å². The maximum absolute atomic E-state index is 11.3. The van der Waals surface area contributed by atoms with Gasteiger partial charge in [0.25, 0.3) is 0 Å². The van der Waals surface area contributed by atoms with Crippen molar-refractivity contribution < 1.29 is 9.53 Å². The van der Waals surface area contributed by atoms with Gasteiger partial charge in [-0.25, -0.2) is 0 Å². The van der Waals surface area contributed by atoms with Gasteiger partial charge in [0.15, 0.2) is 0 Å². The molecule has 0 N–H and O–H groups in total. The fourth-order valence-electron chi connectivity index (χ4n) is 0.958. The highest BCUT2D eigenvalue weighted by molar-refractivity contribution is 5.77. The zero-order valence-corrected chi connectivity index (χ0v) is 7.88. The molecule has 0 aliphatic rings. The lowest BCUT2D eigenvalue weighted by Crippen LogP contribution is -2.34. The Morgan fingerprint density at radius 1 is 1.67 bits per heavy atom. The Labute approximate surface area is 74.0 Å². The van der Waals surface area contributed by atoms with Crippen LogP contribution in [0.3, 0.4) is 0 Å². The van der Waals surface area contributed by atoms with Crippen molar-refractivity contribution in [2.75, 3.05) is 26.8 Å². The van der Waals surface area contributed by atoms with Gasteiger partial charge in [-0.1, -0.05) is 13.0 Å². The molecule has 0 aromatic heterocycles. The lowest BCUT2D eigenvalue weighted by molar-refractivity contribution is -0.134. The first kappa shape index (κ1) is 11.2. The second-order valence-electron chi connectivity index (χ2n) is 2.56. The summed E-state index contributed by atoms with van der Waals surface area (Å²) in [5, 5.41) is 0. The maximum atomic E-state index is 11.3. The van der Waals surface area contributed by atoms with Gasteiger partial charge in [0, 0.05) is 20.2 Å². The zero-order chi connectivity index (χ0) is 9.40. The van der Waals surface area contributed by atoms with Crippen molar-refractivity contribution in [2.24, 2.45) is 0 Å². The zero-order valence-electron chi connectivity index (χ0n) is 7.88. The van der Waals surface area contributed by atoms with Crippen LogP contribution in [0.2, 0.25) is 0 Å². The van der Waals surface area contributed by atoms with E-state index >= 15 is 0 Å². The van der Waals surface area contributed by atoms with E-state index in [0.29, 0.717) is 6.54 Å². The van der Waals surface area contributed by atoms with E-state index in [-0.39, 0.29) is 12.5 Å². The van der Waals surface area contributed by atoms with E-state index in [1.165, 1.54) is 7.11 Å². The molecule has 0 saturated heterocycles. The molecule has 1 amide bonds. The quantitative estimate of drug-likeness (QED) is 0.559. The molecule has 3 nitrogen and oxygen atoms in total. The van der Waals surface area contributed by atoms with Crippen LogP contribution in [0.4, 0.5) is 0 Å². The van der Waals surface area contributed by atoms with Crippen LogP contribution < -0.4 is 0 Å². The van der Waals surface area contributed by atoms with Gasteiger partial charge in [-0.05, 0) is 6.42 Å². The first-order valence-electron chi connectivity index (χ1n) is 4.13. The van der Waals surface area contributed by atoms with Crippen LogP contribution in [0.25, 0.3) is 0 Å². The van der Waals surface area contributed by atoms with E-state index in [1.807, 2.05) is 6.92 Å². The van der Waals surface area contributed by atoms with Crippen LogP contribution in [0.1, 0.15) is 13.3 Å². The van der Waals surface area contributed by atoms with Gasteiger partial charge in [-0.3, -0.25) is 4.79 Å². The van der Waals surface area contributed by atoms with E-state index in [0.717, 1.165) is 13.0 Å². The van der Waals surface area contributed by atoms with Crippen molar-refractivity contribution in [3.63, 3.8) is 0 Å². The Morgan fingerprint density at radius 3 is 2.75 bits per heavy atom. The molecule has 0 aliphatic heterocycles. The SMILES string of the molecule is C=CCN(CCC)C(=O)COC. The lowest BCUT2D eigenvalue weighted by atomic mass is 10.4. The first-order valence-corrected chi connectivity index (χ1v) is 4.13. The highest BCUT2D eigenvalue weighted by Gasteiger charge is 2.09. The Hall–Kier alpha value is -0.830. The summed E-state index contributed by atoms with van der Waals surface area (Å²) in [7, 11) is 1.52. The summed E-state index contributed by atoms with van der Waals surface area (Å²) in [6.45, 7) is 7.17. The molecule has 0 saturated carbocycles. The summed E-state index contributed by atoms with van der Waals surface area (Å²) in [6.07, 6.45) is 2.69. The second kappa shape index (κ2) is 6.85. The molecule has 0 aromatic carbocycles. The first-order chi connectivity index (χ1) is 5.76. The summed E-state index contributed by atoms with van der Waals surface area (Å²) in [5.41, 5.74) is 0. The molecule has 0 unspecified atom stereocenters. The Morgan fingerprint density at radius 2 is 2.33 bits per heavy atom. The highest BCUT2D eigenvalue weighted by atomic mass is 16.5. The molecule has 0 bridgehead atoms. The molecular formula is C9H17NO2. The molecule has 0 atom stereocenters. The van der Waals surface area contributed by atoms with Crippen molar-refractivity contribution in [2.45, 2.75) is 13.3 Å². The third-order valence-corrected chi connectivity index (χ3v) is 1.46. The average molecular weight is 171 g/mol. The van der Waals surface area contributed by atoms with E-state index in [9.17, 15) is 4.79 Å². The molecule has 0 spiro atoms. The number of carbonyl (C=O) groups excluding carboxylic acids is 1. The molecule has 0 aliphatic carbocycles. The maximum Gasteiger partial charge on any atom is 0.248 e. The number of methoxy groups -OCH3 is 1. The van der Waals surface area contributed by atoms with Crippen LogP contribution in [0.5, 0.6) is 0 Å². The molecule has 0 radical (unpaired) electrons. The fourth-order valence-corrected chi connectivity index (χ4v) is 0.958. The average Bonchev–Trinajstić information content (AvgIpc) is 2.04. The Bertz CT molecular complexity index is 145. The smallest absolute Gasteiger partial charge is 0.248 e. The van der Waals surface area contributed by atoms with Gasteiger partial charge in [0.05, 0.1) is 0 Å².